The first kappa shape index (κ1) is 25.2. The molecule has 0 atom stereocenters. The van der Waals surface area contributed by atoms with Gasteiger partial charge in [-0.2, -0.15) is 10.2 Å². The molecule has 0 amide bonds. The second kappa shape index (κ2) is 14.1. The number of furan rings is 1. The van der Waals surface area contributed by atoms with Gasteiger partial charge in [-0.1, -0.05) is 6.42 Å². The Morgan fingerprint density at radius 2 is 1.65 bits per heavy atom. The number of thiocarbonyl (C=S) groups is 2. The summed E-state index contributed by atoms with van der Waals surface area (Å²) in [6.07, 6.45) is 5.97. The minimum Gasteiger partial charge on any atom is -0.459 e. The van der Waals surface area contributed by atoms with E-state index in [4.69, 9.17) is 28.9 Å². The first-order chi connectivity index (χ1) is 15.0. The van der Waals surface area contributed by atoms with Gasteiger partial charge in [0, 0.05) is 19.5 Å². The van der Waals surface area contributed by atoms with Gasteiger partial charge in [0.1, 0.15) is 11.5 Å². The van der Waals surface area contributed by atoms with Crippen LogP contribution in [0.25, 0.3) is 0 Å². The van der Waals surface area contributed by atoms with Gasteiger partial charge in [0.15, 0.2) is 16.0 Å². The molecule has 1 fully saturated rings. The van der Waals surface area contributed by atoms with Crippen LogP contribution in [0.2, 0.25) is 0 Å². The van der Waals surface area contributed by atoms with Gasteiger partial charge >= 0.3 is 0 Å². The van der Waals surface area contributed by atoms with Gasteiger partial charge < -0.3 is 20.0 Å². The number of nitrogens with one attached hydrogen (secondary N) is 4. The van der Waals surface area contributed by atoms with Crippen LogP contribution in [-0.4, -0.2) is 59.3 Å². The second-order valence-corrected chi connectivity index (χ2v) is 8.19. The van der Waals surface area contributed by atoms with Gasteiger partial charge in [0.2, 0.25) is 0 Å². The Kier molecular flexibility index (Phi) is 11.5. The van der Waals surface area contributed by atoms with Crippen molar-refractivity contribution in [3.63, 3.8) is 0 Å². The molecule has 4 N–H and O–H groups in total. The molecule has 0 bridgehead atoms. The molecule has 0 spiro atoms. The van der Waals surface area contributed by atoms with Crippen molar-refractivity contribution in [2.75, 3.05) is 32.7 Å². The maximum atomic E-state index is 6.09. The maximum Gasteiger partial charge on any atom is 0.186 e. The largest absolute Gasteiger partial charge is 0.459 e. The number of likely N-dealkylation sites (tertiary alicyclic amines) is 1. The molecule has 1 aliphatic rings. The van der Waals surface area contributed by atoms with Crippen molar-refractivity contribution in [2.24, 2.45) is 10.2 Å². The zero-order valence-corrected chi connectivity index (χ0v) is 20.4. The monoisotopic (exact) mass is 465 g/mol. The number of hydrazone groups is 2. The Labute approximate surface area is 196 Å². The molecule has 31 heavy (non-hydrogen) atoms. The predicted molar refractivity (Wildman–Crippen MR) is 136 cm³/mol. The second-order valence-electron chi connectivity index (χ2n) is 7.37. The minimum atomic E-state index is 0.442. The van der Waals surface area contributed by atoms with Crippen molar-refractivity contribution in [1.82, 2.24) is 26.4 Å². The Hall–Kier alpha value is -2.04. The lowest BCUT2D eigenvalue weighted by Crippen LogP contribution is -2.34. The summed E-state index contributed by atoms with van der Waals surface area (Å²) < 4.78 is 6.09. The Bertz CT molecular complexity index is 770. The molecule has 0 aliphatic carbocycles. The number of piperidine rings is 1. The standard InChI is InChI=1S/C21H35N7OS2/c1-4-22-20(30)26-24-16(3)19(25-27-21(31)23-5-2)18-12-11-17(29-18)10-9-15-28-13-7-6-8-14-28/h11-12H,4-10,13-15H2,1-3H3,(H2,22,26,30)(H2,23,27,31)/b24-16+,25-19+. The van der Waals surface area contributed by atoms with Crippen molar-refractivity contribution in [3.8, 4) is 0 Å². The van der Waals surface area contributed by atoms with Crippen LogP contribution in [0.1, 0.15) is 58.0 Å². The highest BCUT2D eigenvalue weighted by Gasteiger charge is 2.15. The van der Waals surface area contributed by atoms with Crippen LogP contribution < -0.4 is 21.5 Å². The van der Waals surface area contributed by atoms with E-state index in [2.05, 4.69) is 36.6 Å². The van der Waals surface area contributed by atoms with Crippen molar-refractivity contribution in [3.05, 3.63) is 23.7 Å². The molecule has 0 saturated carbocycles. The number of hydrogen-bond acceptors (Lipinski definition) is 6. The van der Waals surface area contributed by atoms with E-state index < -0.39 is 0 Å². The molecule has 0 unspecified atom stereocenters. The third kappa shape index (κ3) is 9.32. The van der Waals surface area contributed by atoms with E-state index in [1.165, 1.54) is 32.4 Å². The van der Waals surface area contributed by atoms with Crippen LogP contribution in [0, 0.1) is 0 Å². The molecule has 172 valence electrons. The lowest BCUT2D eigenvalue weighted by molar-refractivity contribution is 0.225. The van der Waals surface area contributed by atoms with Crippen LogP contribution in [0.4, 0.5) is 0 Å². The summed E-state index contributed by atoms with van der Waals surface area (Å²) in [7, 11) is 0. The summed E-state index contributed by atoms with van der Waals surface area (Å²) in [5, 5.41) is 15.7. The van der Waals surface area contributed by atoms with Crippen molar-refractivity contribution in [2.45, 2.75) is 52.9 Å². The molecule has 1 saturated heterocycles. The maximum absolute atomic E-state index is 6.09. The number of hydrogen-bond donors (Lipinski definition) is 4. The highest BCUT2D eigenvalue weighted by molar-refractivity contribution is 7.80. The molecular weight excluding hydrogens is 430 g/mol. The molecule has 1 aromatic heterocycles. The van der Waals surface area contributed by atoms with Crippen LogP contribution in [0.3, 0.4) is 0 Å². The van der Waals surface area contributed by atoms with Crippen molar-refractivity contribution >= 4 is 46.1 Å². The van der Waals surface area contributed by atoms with E-state index in [1.54, 1.807) is 0 Å². The average Bonchev–Trinajstić information content (AvgIpc) is 3.22. The molecule has 2 rings (SSSR count). The van der Waals surface area contributed by atoms with Crippen molar-refractivity contribution < 1.29 is 4.42 Å². The van der Waals surface area contributed by atoms with Crippen LogP contribution in [0.5, 0.6) is 0 Å². The van der Waals surface area contributed by atoms with Gasteiger partial charge in [-0.15, -0.1) is 0 Å². The van der Waals surface area contributed by atoms with E-state index >= 15 is 0 Å². The molecule has 2 heterocycles. The van der Waals surface area contributed by atoms with Gasteiger partial charge in [-0.3, -0.25) is 10.9 Å². The summed E-state index contributed by atoms with van der Waals surface area (Å²) in [4.78, 5) is 2.54. The first-order valence-corrected chi connectivity index (χ1v) is 11.9. The molecule has 0 radical (unpaired) electrons. The quantitative estimate of drug-likeness (QED) is 0.238. The molecular formula is C21H35N7OS2. The highest BCUT2D eigenvalue weighted by Crippen LogP contribution is 2.14. The van der Waals surface area contributed by atoms with E-state index in [1.807, 2.05) is 32.9 Å². The normalized spacial score (nSPS) is 15.5. The summed E-state index contributed by atoms with van der Waals surface area (Å²) in [6.45, 7) is 10.8. The van der Waals surface area contributed by atoms with Gasteiger partial charge in [0.25, 0.3) is 0 Å². The van der Waals surface area contributed by atoms with E-state index in [9.17, 15) is 0 Å². The van der Waals surface area contributed by atoms with E-state index in [0.29, 0.717) is 34.0 Å². The molecule has 0 aromatic carbocycles. The number of aryl methyl sites for hydroxylation is 1. The fourth-order valence-electron chi connectivity index (χ4n) is 3.31. The smallest absolute Gasteiger partial charge is 0.186 e. The number of rotatable bonds is 10. The molecule has 10 heteroatoms. The minimum absolute atomic E-state index is 0.442. The Morgan fingerprint density at radius 3 is 2.29 bits per heavy atom. The fourth-order valence-corrected chi connectivity index (χ4v) is 3.69. The fraction of sp³-hybridized carbons (Fsp3) is 0.619. The number of nitrogens with zero attached hydrogens (tertiary/aromatic N) is 3. The lowest BCUT2D eigenvalue weighted by Gasteiger charge is -2.26. The van der Waals surface area contributed by atoms with Crippen LogP contribution in [-0.2, 0) is 6.42 Å². The zero-order chi connectivity index (χ0) is 22.5. The summed E-state index contributed by atoms with van der Waals surface area (Å²) >= 11 is 10.4. The third-order valence-corrected chi connectivity index (χ3v) is 5.32. The average molecular weight is 466 g/mol. The van der Waals surface area contributed by atoms with E-state index in [0.717, 1.165) is 31.7 Å². The topological polar surface area (TPSA) is 89.2 Å². The molecule has 1 aliphatic heterocycles. The Balaban J connectivity index is 2.04. The van der Waals surface area contributed by atoms with Gasteiger partial charge in [-0.05, 0) is 96.2 Å². The first-order valence-electron chi connectivity index (χ1n) is 11.0. The van der Waals surface area contributed by atoms with Gasteiger partial charge in [0.05, 0.1) is 5.71 Å². The zero-order valence-electron chi connectivity index (χ0n) is 18.8. The predicted octanol–water partition coefficient (Wildman–Crippen LogP) is 2.75. The summed E-state index contributed by atoms with van der Waals surface area (Å²) in [5.41, 5.74) is 6.87. The lowest BCUT2D eigenvalue weighted by atomic mass is 10.1. The van der Waals surface area contributed by atoms with Gasteiger partial charge in [-0.25, -0.2) is 0 Å². The highest BCUT2D eigenvalue weighted by atomic mass is 32.1. The van der Waals surface area contributed by atoms with Crippen LogP contribution >= 0.6 is 24.4 Å². The molecule has 8 nitrogen and oxygen atoms in total. The SMILES string of the molecule is CCNC(=S)N/N=C(C)/C(=N\NC(=S)NCC)c1ccc(CCCN2CCCCC2)o1. The van der Waals surface area contributed by atoms with E-state index in [-0.39, 0.29) is 0 Å². The summed E-state index contributed by atoms with van der Waals surface area (Å²) in [6, 6.07) is 3.93. The van der Waals surface area contributed by atoms with Crippen molar-refractivity contribution in [1.29, 1.82) is 0 Å². The molecule has 1 aromatic rings. The Morgan fingerprint density at radius 1 is 1.00 bits per heavy atom. The summed E-state index contributed by atoms with van der Waals surface area (Å²) in [5.74, 6) is 1.58. The third-order valence-electron chi connectivity index (χ3n) is 4.85. The van der Waals surface area contributed by atoms with Crippen LogP contribution in [0.15, 0.2) is 26.8 Å².